The summed E-state index contributed by atoms with van der Waals surface area (Å²) in [6.07, 6.45) is 2.21. The van der Waals surface area contributed by atoms with Crippen LogP contribution in [0.2, 0.25) is 0 Å². The highest BCUT2D eigenvalue weighted by molar-refractivity contribution is 5.81. The lowest BCUT2D eigenvalue weighted by Gasteiger charge is -1.99. The Morgan fingerprint density at radius 3 is 2.76 bits per heavy atom. The summed E-state index contributed by atoms with van der Waals surface area (Å²) in [5.74, 6) is -0.875. The van der Waals surface area contributed by atoms with Crippen molar-refractivity contribution in [1.29, 1.82) is 0 Å². The average Bonchev–Trinajstić information content (AvgIpc) is 2.86. The van der Waals surface area contributed by atoms with Gasteiger partial charge in [0.1, 0.15) is 11.3 Å². The van der Waals surface area contributed by atoms with Crippen LogP contribution in [-0.2, 0) is 6.42 Å². The molecule has 0 saturated heterocycles. The van der Waals surface area contributed by atoms with Gasteiger partial charge >= 0.3 is 0 Å². The molecule has 0 spiro atoms. The van der Waals surface area contributed by atoms with Gasteiger partial charge in [-0.15, -0.1) is 6.58 Å². The molecule has 0 atom stereocenters. The second kappa shape index (κ2) is 4.94. The molecule has 0 fully saturated rings. The van der Waals surface area contributed by atoms with Crippen LogP contribution in [-0.4, -0.2) is 15.2 Å². The summed E-state index contributed by atoms with van der Waals surface area (Å²) in [5, 5.41) is 18.9. The third-order valence-electron chi connectivity index (χ3n) is 3.11. The zero-order valence-electron chi connectivity index (χ0n) is 11.0. The van der Waals surface area contributed by atoms with Gasteiger partial charge in [-0.2, -0.15) is 0 Å². The van der Waals surface area contributed by atoms with Crippen molar-refractivity contribution in [3.05, 3.63) is 54.4 Å². The topological polar surface area (TPSA) is 66.5 Å². The van der Waals surface area contributed by atoms with E-state index in [1.54, 1.807) is 12.1 Å². The summed E-state index contributed by atoms with van der Waals surface area (Å²) >= 11 is 0. The molecular weight excluding hydrogens is 273 g/mol. The lowest BCUT2D eigenvalue weighted by atomic mass is 10.1. The zero-order chi connectivity index (χ0) is 15.0. The maximum absolute atomic E-state index is 13.4. The number of allylic oxidation sites excluding steroid dienone is 1. The fourth-order valence-electron chi connectivity index (χ4n) is 2.16. The molecule has 106 valence electrons. The van der Waals surface area contributed by atoms with Crippen molar-refractivity contribution in [2.24, 2.45) is 0 Å². The molecule has 0 amide bonds. The largest absolute Gasteiger partial charge is 0.508 e. The van der Waals surface area contributed by atoms with Crippen molar-refractivity contribution >= 4 is 11.1 Å². The summed E-state index contributed by atoms with van der Waals surface area (Å²) in [6, 6.07) is 6.95. The fourth-order valence-corrected chi connectivity index (χ4v) is 2.16. The molecular formula is C16H12FNO3. The van der Waals surface area contributed by atoms with Crippen LogP contribution in [0.3, 0.4) is 0 Å². The number of rotatable bonds is 3. The third-order valence-corrected chi connectivity index (χ3v) is 3.11. The number of halogens is 1. The highest BCUT2D eigenvalue weighted by Gasteiger charge is 2.14. The predicted octanol–water partition coefficient (Wildman–Crippen LogP) is 3.77. The molecule has 2 N–H and O–H groups in total. The molecule has 0 aliphatic rings. The van der Waals surface area contributed by atoms with Gasteiger partial charge in [-0.3, -0.25) is 0 Å². The van der Waals surface area contributed by atoms with Crippen LogP contribution in [0.15, 0.2) is 47.4 Å². The van der Waals surface area contributed by atoms with E-state index in [9.17, 15) is 14.6 Å². The Morgan fingerprint density at radius 1 is 1.24 bits per heavy atom. The Hall–Kier alpha value is -2.82. The number of phenols is 2. The van der Waals surface area contributed by atoms with Crippen LogP contribution >= 0.6 is 0 Å². The van der Waals surface area contributed by atoms with E-state index in [2.05, 4.69) is 11.6 Å². The first-order valence-corrected chi connectivity index (χ1v) is 6.30. The van der Waals surface area contributed by atoms with Crippen molar-refractivity contribution in [2.75, 3.05) is 0 Å². The van der Waals surface area contributed by atoms with Crippen molar-refractivity contribution in [3.8, 4) is 23.0 Å². The van der Waals surface area contributed by atoms with Crippen molar-refractivity contribution in [2.45, 2.75) is 6.42 Å². The molecule has 3 aromatic rings. The van der Waals surface area contributed by atoms with Crippen LogP contribution in [0, 0.1) is 5.82 Å². The van der Waals surface area contributed by atoms with E-state index in [-0.39, 0.29) is 11.6 Å². The van der Waals surface area contributed by atoms with E-state index in [1.807, 2.05) is 0 Å². The molecule has 0 bridgehead atoms. The van der Waals surface area contributed by atoms with Gasteiger partial charge in [0.25, 0.3) is 0 Å². The van der Waals surface area contributed by atoms with Gasteiger partial charge in [0, 0.05) is 17.2 Å². The minimum absolute atomic E-state index is 0.0797. The quantitative estimate of drug-likeness (QED) is 0.719. The third kappa shape index (κ3) is 2.33. The maximum atomic E-state index is 13.4. The Balaban J connectivity index is 2.18. The lowest BCUT2D eigenvalue weighted by Crippen LogP contribution is -1.82. The SMILES string of the molecule is C=CCc1cc(O)cc2nc(-c3ccc(O)c(F)c3)oc12. The van der Waals surface area contributed by atoms with Crippen molar-refractivity contribution in [1.82, 2.24) is 4.98 Å². The Kier molecular flexibility index (Phi) is 3.10. The van der Waals surface area contributed by atoms with Gasteiger partial charge in [-0.25, -0.2) is 9.37 Å². The summed E-state index contributed by atoms with van der Waals surface area (Å²) in [4.78, 5) is 4.25. The Morgan fingerprint density at radius 2 is 2.05 bits per heavy atom. The number of aromatic nitrogens is 1. The first-order valence-electron chi connectivity index (χ1n) is 6.30. The molecule has 1 aromatic heterocycles. The molecule has 21 heavy (non-hydrogen) atoms. The van der Waals surface area contributed by atoms with Crippen molar-refractivity contribution in [3.63, 3.8) is 0 Å². The van der Waals surface area contributed by atoms with Crippen LogP contribution < -0.4 is 0 Å². The van der Waals surface area contributed by atoms with Crippen LogP contribution in [0.1, 0.15) is 5.56 Å². The van der Waals surface area contributed by atoms with Crippen LogP contribution in [0.25, 0.3) is 22.6 Å². The maximum Gasteiger partial charge on any atom is 0.227 e. The number of phenolic OH excluding ortho intramolecular Hbond substituents is 2. The van der Waals surface area contributed by atoms with Gasteiger partial charge in [0.05, 0.1) is 0 Å². The summed E-state index contributed by atoms with van der Waals surface area (Å²) in [7, 11) is 0. The second-order valence-electron chi connectivity index (χ2n) is 4.63. The highest BCUT2D eigenvalue weighted by atomic mass is 19.1. The molecule has 5 heteroatoms. The summed E-state index contributed by atoms with van der Waals surface area (Å²) in [6.45, 7) is 3.66. The zero-order valence-corrected chi connectivity index (χ0v) is 11.0. The number of fused-ring (bicyclic) bond motifs is 1. The average molecular weight is 285 g/mol. The Labute approximate surface area is 119 Å². The van der Waals surface area contributed by atoms with E-state index in [0.29, 0.717) is 23.1 Å². The fraction of sp³-hybridized carbons (Fsp3) is 0.0625. The molecule has 0 radical (unpaired) electrons. The summed E-state index contributed by atoms with van der Waals surface area (Å²) < 4.78 is 19.1. The van der Waals surface area contributed by atoms with Crippen LogP contribution in [0.4, 0.5) is 4.39 Å². The number of nitrogens with zero attached hydrogens (tertiary/aromatic N) is 1. The number of benzene rings is 2. The highest BCUT2D eigenvalue weighted by Crippen LogP contribution is 2.31. The van der Waals surface area contributed by atoms with Gasteiger partial charge < -0.3 is 14.6 Å². The van der Waals surface area contributed by atoms with E-state index in [0.717, 1.165) is 11.6 Å². The first kappa shape index (κ1) is 13.2. The molecule has 4 nitrogen and oxygen atoms in total. The number of hydrogen-bond donors (Lipinski definition) is 2. The number of hydrogen-bond acceptors (Lipinski definition) is 4. The minimum atomic E-state index is -0.746. The molecule has 0 saturated carbocycles. The van der Waals surface area contributed by atoms with Gasteiger partial charge in [0.15, 0.2) is 17.1 Å². The molecule has 0 aliphatic heterocycles. The standard InChI is InChI=1S/C16H12FNO3/c1-2-3-9-6-11(19)8-13-15(9)21-16(18-13)10-4-5-14(20)12(17)7-10/h2,4-8,19-20H,1,3H2. The summed E-state index contributed by atoms with van der Waals surface area (Å²) in [5.41, 5.74) is 2.16. The minimum Gasteiger partial charge on any atom is -0.508 e. The van der Waals surface area contributed by atoms with E-state index < -0.39 is 11.6 Å². The van der Waals surface area contributed by atoms with Crippen LogP contribution in [0.5, 0.6) is 11.5 Å². The molecule has 3 rings (SSSR count). The van der Waals surface area contributed by atoms with Gasteiger partial charge in [0.2, 0.25) is 5.89 Å². The predicted molar refractivity (Wildman–Crippen MR) is 76.6 cm³/mol. The molecule has 2 aromatic carbocycles. The number of oxazole rings is 1. The van der Waals surface area contributed by atoms with Gasteiger partial charge in [-0.1, -0.05) is 6.08 Å². The Bertz CT molecular complexity index is 839. The number of aromatic hydroxyl groups is 2. The molecule has 1 heterocycles. The smallest absolute Gasteiger partial charge is 0.227 e. The normalized spacial score (nSPS) is 10.9. The molecule has 0 unspecified atom stereocenters. The molecule has 0 aliphatic carbocycles. The van der Waals surface area contributed by atoms with E-state index in [1.165, 1.54) is 18.2 Å². The van der Waals surface area contributed by atoms with E-state index >= 15 is 0 Å². The lowest BCUT2D eigenvalue weighted by molar-refractivity contribution is 0.432. The van der Waals surface area contributed by atoms with Gasteiger partial charge in [-0.05, 0) is 30.7 Å². The van der Waals surface area contributed by atoms with E-state index in [4.69, 9.17) is 4.42 Å². The first-order chi connectivity index (χ1) is 10.1. The second-order valence-corrected chi connectivity index (χ2v) is 4.63. The monoisotopic (exact) mass is 285 g/mol. The van der Waals surface area contributed by atoms with Crippen molar-refractivity contribution < 1.29 is 19.0 Å².